The molecule has 1 fully saturated rings. The molecule has 2 N–H and O–H groups in total. The van der Waals surface area contributed by atoms with E-state index >= 15 is 0 Å². The third-order valence-corrected chi connectivity index (χ3v) is 3.73. The van der Waals surface area contributed by atoms with Gasteiger partial charge in [-0.2, -0.15) is 0 Å². The van der Waals surface area contributed by atoms with Gasteiger partial charge in [-0.05, 0) is 18.9 Å². The fourth-order valence-corrected chi connectivity index (χ4v) is 2.47. The lowest BCUT2D eigenvalue weighted by Gasteiger charge is -2.06. The third-order valence-electron chi connectivity index (χ3n) is 2.96. The second-order valence-electron chi connectivity index (χ2n) is 4.39. The Bertz CT molecular complexity index is 684. The number of nitrogens with zero attached hydrogens (tertiary/aromatic N) is 3. The smallest absolute Gasteiger partial charge is 0.192 e. The van der Waals surface area contributed by atoms with Crippen LogP contribution >= 0.6 is 11.3 Å². The van der Waals surface area contributed by atoms with E-state index in [2.05, 4.69) is 25.3 Å². The van der Waals surface area contributed by atoms with Crippen LogP contribution in [-0.2, 0) is 0 Å². The van der Waals surface area contributed by atoms with Gasteiger partial charge in [-0.15, -0.1) is 11.3 Å². The molecule has 0 aliphatic heterocycles. The normalized spacial score (nSPS) is 15.1. The summed E-state index contributed by atoms with van der Waals surface area (Å²) in [5.41, 5.74) is 0.860. The summed E-state index contributed by atoms with van der Waals surface area (Å²) < 4.78 is 0. The molecule has 1 saturated carbocycles. The monoisotopic (exact) mass is 257 g/mol. The molecule has 0 atom stereocenters. The van der Waals surface area contributed by atoms with Crippen molar-refractivity contribution in [2.24, 2.45) is 0 Å². The van der Waals surface area contributed by atoms with Gasteiger partial charge in [-0.1, -0.05) is 0 Å². The SMILES string of the molecule is c1csc(-c2nc(NC3CC3)c3cc[nH]c3n2)n1. The van der Waals surface area contributed by atoms with Gasteiger partial charge in [0.1, 0.15) is 11.5 Å². The average Bonchev–Trinajstić information content (AvgIpc) is 2.89. The highest BCUT2D eigenvalue weighted by Gasteiger charge is 2.23. The maximum Gasteiger partial charge on any atom is 0.192 e. The summed E-state index contributed by atoms with van der Waals surface area (Å²) >= 11 is 1.55. The summed E-state index contributed by atoms with van der Waals surface area (Å²) in [5, 5.41) is 7.29. The molecule has 3 aromatic heterocycles. The number of aromatic amines is 1. The first-order chi connectivity index (χ1) is 8.90. The molecule has 1 aliphatic carbocycles. The molecular formula is C12H11N5S. The van der Waals surface area contributed by atoms with Crippen molar-refractivity contribution in [3.63, 3.8) is 0 Å². The number of fused-ring (bicyclic) bond motifs is 1. The minimum Gasteiger partial charge on any atom is -0.367 e. The van der Waals surface area contributed by atoms with Crippen LogP contribution in [0.5, 0.6) is 0 Å². The number of H-pyrrole nitrogens is 1. The summed E-state index contributed by atoms with van der Waals surface area (Å²) in [6.07, 6.45) is 6.12. The minimum atomic E-state index is 0.571. The number of rotatable bonds is 3. The molecule has 0 bridgehead atoms. The van der Waals surface area contributed by atoms with E-state index in [1.54, 1.807) is 17.5 Å². The molecule has 4 rings (SSSR count). The second kappa shape index (κ2) is 3.78. The molecule has 3 aromatic rings. The maximum absolute atomic E-state index is 4.60. The van der Waals surface area contributed by atoms with E-state index in [1.807, 2.05) is 17.6 Å². The van der Waals surface area contributed by atoms with Crippen molar-refractivity contribution in [3.05, 3.63) is 23.8 Å². The molecule has 0 spiro atoms. The fraction of sp³-hybridized carbons (Fsp3) is 0.250. The molecule has 0 radical (unpaired) electrons. The number of thiazole rings is 1. The van der Waals surface area contributed by atoms with Gasteiger partial charge in [0.25, 0.3) is 0 Å². The van der Waals surface area contributed by atoms with Crippen molar-refractivity contribution in [1.29, 1.82) is 0 Å². The Hall–Kier alpha value is -1.95. The number of hydrogen-bond donors (Lipinski definition) is 2. The quantitative estimate of drug-likeness (QED) is 0.757. The van der Waals surface area contributed by atoms with Crippen molar-refractivity contribution >= 4 is 28.2 Å². The Labute approximate surface area is 107 Å². The number of aromatic nitrogens is 4. The maximum atomic E-state index is 4.60. The molecule has 0 aromatic carbocycles. The van der Waals surface area contributed by atoms with Crippen molar-refractivity contribution < 1.29 is 0 Å². The zero-order valence-corrected chi connectivity index (χ0v) is 10.4. The predicted molar refractivity (Wildman–Crippen MR) is 71.6 cm³/mol. The summed E-state index contributed by atoms with van der Waals surface area (Å²) in [5.74, 6) is 1.59. The lowest BCUT2D eigenvalue weighted by molar-refractivity contribution is 1.10. The fourth-order valence-electron chi connectivity index (χ4n) is 1.90. The van der Waals surface area contributed by atoms with Crippen molar-refractivity contribution in [1.82, 2.24) is 19.9 Å². The van der Waals surface area contributed by atoms with Crippen LogP contribution in [0.4, 0.5) is 5.82 Å². The van der Waals surface area contributed by atoms with E-state index < -0.39 is 0 Å². The van der Waals surface area contributed by atoms with Crippen LogP contribution in [0, 0.1) is 0 Å². The average molecular weight is 257 g/mol. The zero-order chi connectivity index (χ0) is 11.9. The Morgan fingerprint density at radius 3 is 3.06 bits per heavy atom. The number of anilines is 1. The highest BCUT2D eigenvalue weighted by molar-refractivity contribution is 7.13. The van der Waals surface area contributed by atoms with E-state index in [1.165, 1.54) is 12.8 Å². The van der Waals surface area contributed by atoms with Gasteiger partial charge >= 0.3 is 0 Å². The highest BCUT2D eigenvalue weighted by Crippen LogP contribution is 2.29. The van der Waals surface area contributed by atoms with E-state index in [-0.39, 0.29) is 0 Å². The Kier molecular flexibility index (Phi) is 2.10. The van der Waals surface area contributed by atoms with E-state index in [0.29, 0.717) is 11.9 Å². The third kappa shape index (κ3) is 1.65. The number of hydrogen-bond acceptors (Lipinski definition) is 5. The van der Waals surface area contributed by atoms with Crippen molar-refractivity contribution in [3.8, 4) is 10.8 Å². The summed E-state index contributed by atoms with van der Waals surface area (Å²) in [4.78, 5) is 16.5. The van der Waals surface area contributed by atoms with Crippen molar-refractivity contribution in [2.45, 2.75) is 18.9 Å². The van der Waals surface area contributed by atoms with Crippen LogP contribution in [-0.4, -0.2) is 26.0 Å². The first-order valence-corrected chi connectivity index (χ1v) is 6.79. The first-order valence-electron chi connectivity index (χ1n) is 5.92. The molecule has 0 saturated heterocycles. The van der Waals surface area contributed by atoms with Crippen LogP contribution < -0.4 is 5.32 Å². The van der Waals surface area contributed by atoms with Gasteiger partial charge in [-0.25, -0.2) is 15.0 Å². The van der Waals surface area contributed by atoms with Gasteiger partial charge in [0.2, 0.25) is 0 Å². The highest BCUT2D eigenvalue weighted by atomic mass is 32.1. The second-order valence-corrected chi connectivity index (χ2v) is 5.29. The zero-order valence-electron chi connectivity index (χ0n) is 9.55. The van der Waals surface area contributed by atoms with Crippen LogP contribution in [0.2, 0.25) is 0 Å². The lowest BCUT2D eigenvalue weighted by Crippen LogP contribution is -2.05. The Morgan fingerprint density at radius 1 is 1.33 bits per heavy atom. The topological polar surface area (TPSA) is 66.5 Å². The number of nitrogens with one attached hydrogen (secondary N) is 2. The largest absolute Gasteiger partial charge is 0.367 e. The predicted octanol–water partition coefficient (Wildman–Crippen LogP) is 2.66. The van der Waals surface area contributed by atoms with Gasteiger partial charge in [0.05, 0.1) is 5.39 Å². The summed E-state index contributed by atoms with van der Waals surface area (Å²) in [6.45, 7) is 0. The van der Waals surface area contributed by atoms with Gasteiger partial charge < -0.3 is 10.3 Å². The molecular weight excluding hydrogens is 246 g/mol. The molecule has 5 nitrogen and oxygen atoms in total. The van der Waals surface area contributed by atoms with Gasteiger partial charge in [-0.3, -0.25) is 0 Å². The van der Waals surface area contributed by atoms with Crippen LogP contribution in [0.25, 0.3) is 21.9 Å². The Morgan fingerprint density at radius 2 is 2.28 bits per heavy atom. The van der Waals surface area contributed by atoms with Gasteiger partial charge in [0.15, 0.2) is 10.8 Å². The van der Waals surface area contributed by atoms with Crippen LogP contribution in [0.15, 0.2) is 23.8 Å². The summed E-state index contributed by atoms with van der Waals surface area (Å²) in [6, 6.07) is 2.58. The molecule has 18 heavy (non-hydrogen) atoms. The standard InChI is InChI=1S/C12H11N5S/c1-2-7(1)15-10-8-3-4-13-9(8)16-11(17-10)12-14-5-6-18-12/h3-7H,1-2H2,(H2,13,15,16,17). The lowest BCUT2D eigenvalue weighted by atomic mass is 10.3. The molecule has 6 heteroatoms. The molecule has 0 amide bonds. The summed E-state index contributed by atoms with van der Waals surface area (Å²) in [7, 11) is 0. The molecule has 3 heterocycles. The van der Waals surface area contributed by atoms with E-state index in [9.17, 15) is 0 Å². The van der Waals surface area contributed by atoms with E-state index in [0.717, 1.165) is 21.9 Å². The first kappa shape index (κ1) is 10.0. The van der Waals surface area contributed by atoms with Crippen LogP contribution in [0.1, 0.15) is 12.8 Å². The van der Waals surface area contributed by atoms with Crippen molar-refractivity contribution in [2.75, 3.05) is 5.32 Å². The molecule has 90 valence electrons. The molecule has 1 aliphatic rings. The van der Waals surface area contributed by atoms with Crippen LogP contribution in [0.3, 0.4) is 0 Å². The molecule has 0 unspecified atom stereocenters. The Balaban J connectivity index is 1.88. The van der Waals surface area contributed by atoms with E-state index in [4.69, 9.17) is 0 Å². The van der Waals surface area contributed by atoms with Gasteiger partial charge in [0, 0.05) is 23.8 Å². The minimum absolute atomic E-state index is 0.571.